The first-order valence-corrected chi connectivity index (χ1v) is 7.74. The molecule has 0 bridgehead atoms. The predicted molar refractivity (Wildman–Crippen MR) is 92.0 cm³/mol. The molecule has 0 unspecified atom stereocenters. The molecule has 2 N–H and O–H groups in total. The lowest BCUT2D eigenvalue weighted by molar-refractivity contribution is 0.267. The molecular weight excluding hydrogens is 350 g/mol. The average Bonchev–Trinajstić information content (AvgIpc) is 2.47. The molecule has 0 fully saturated rings. The Bertz CT molecular complexity index is 632. The third-order valence-corrected chi connectivity index (χ3v) is 3.64. The van der Waals surface area contributed by atoms with Crippen LogP contribution in [0.2, 0.25) is 0 Å². The third-order valence-electron chi connectivity index (χ3n) is 2.82. The molecule has 0 saturated carbocycles. The van der Waals surface area contributed by atoms with E-state index in [1.807, 2.05) is 43.3 Å². The van der Waals surface area contributed by atoms with Crippen molar-refractivity contribution in [2.24, 2.45) is 5.73 Å². The molecule has 0 amide bonds. The second-order valence-corrected chi connectivity index (χ2v) is 5.65. The van der Waals surface area contributed by atoms with E-state index >= 15 is 0 Å². The zero-order valence-electron chi connectivity index (χ0n) is 11.6. The molecular formula is C16H16BrNO2S. The summed E-state index contributed by atoms with van der Waals surface area (Å²) in [5.41, 5.74) is 7.51. The van der Waals surface area contributed by atoms with Gasteiger partial charge in [0, 0.05) is 5.56 Å². The van der Waals surface area contributed by atoms with Crippen molar-refractivity contribution in [2.75, 3.05) is 6.61 Å². The van der Waals surface area contributed by atoms with Crippen LogP contribution in [0.1, 0.15) is 18.1 Å². The van der Waals surface area contributed by atoms with Gasteiger partial charge in [0.25, 0.3) is 0 Å². The number of hydrogen-bond acceptors (Lipinski definition) is 3. The van der Waals surface area contributed by atoms with Crippen LogP contribution in [0.5, 0.6) is 11.5 Å². The quantitative estimate of drug-likeness (QED) is 0.783. The standard InChI is InChI=1S/C16H16BrNO2S/c1-2-19-14-9-12(16(18)21)8-13(17)15(14)20-10-11-6-4-3-5-7-11/h3-9H,2,10H2,1H3,(H2,18,21). The summed E-state index contributed by atoms with van der Waals surface area (Å²) in [6.07, 6.45) is 0. The van der Waals surface area contributed by atoms with Gasteiger partial charge < -0.3 is 15.2 Å². The summed E-state index contributed by atoms with van der Waals surface area (Å²) in [7, 11) is 0. The summed E-state index contributed by atoms with van der Waals surface area (Å²) in [5, 5.41) is 0. The highest BCUT2D eigenvalue weighted by Gasteiger charge is 2.13. The summed E-state index contributed by atoms with van der Waals surface area (Å²) < 4.78 is 12.3. The smallest absolute Gasteiger partial charge is 0.175 e. The first-order chi connectivity index (χ1) is 10.1. The maximum Gasteiger partial charge on any atom is 0.175 e. The van der Waals surface area contributed by atoms with Crippen molar-refractivity contribution < 1.29 is 9.47 Å². The van der Waals surface area contributed by atoms with E-state index in [2.05, 4.69) is 15.9 Å². The molecule has 0 heterocycles. The molecule has 0 aliphatic rings. The second-order valence-electron chi connectivity index (χ2n) is 4.36. The normalized spacial score (nSPS) is 10.2. The zero-order chi connectivity index (χ0) is 15.2. The molecule has 0 spiro atoms. The largest absolute Gasteiger partial charge is 0.490 e. The van der Waals surface area contributed by atoms with E-state index in [1.54, 1.807) is 6.07 Å². The van der Waals surface area contributed by atoms with E-state index < -0.39 is 0 Å². The summed E-state index contributed by atoms with van der Waals surface area (Å²) in [6, 6.07) is 13.6. The van der Waals surface area contributed by atoms with Crippen LogP contribution in [0.25, 0.3) is 0 Å². The Balaban J connectivity index is 2.26. The fraction of sp³-hybridized carbons (Fsp3) is 0.188. The van der Waals surface area contributed by atoms with Crippen molar-refractivity contribution in [1.82, 2.24) is 0 Å². The number of ether oxygens (including phenoxy) is 2. The summed E-state index contributed by atoms with van der Waals surface area (Å²) in [4.78, 5) is 0.325. The Hall–Kier alpha value is -1.59. The summed E-state index contributed by atoms with van der Waals surface area (Å²) in [6.45, 7) is 2.92. The van der Waals surface area contributed by atoms with Crippen LogP contribution >= 0.6 is 28.1 Å². The average molecular weight is 366 g/mol. The highest BCUT2D eigenvalue weighted by Crippen LogP contribution is 2.37. The first kappa shape index (κ1) is 15.8. The fourth-order valence-corrected chi connectivity index (χ4v) is 2.52. The van der Waals surface area contributed by atoms with Crippen LogP contribution in [0.4, 0.5) is 0 Å². The number of nitrogens with two attached hydrogens (primary N) is 1. The van der Waals surface area contributed by atoms with Crippen LogP contribution in [-0.2, 0) is 6.61 Å². The monoisotopic (exact) mass is 365 g/mol. The highest BCUT2D eigenvalue weighted by atomic mass is 79.9. The molecule has 5 heteroatoms. The maximum atomic E-state index is 5.89. The molecule has 2 aromatic rings. The van der Waals surface area contributed by atoms with Crippen LogP contribution in [0.15, 0.2) is 46.9 Å². The Morgan fingerprint density at radius 3 is 2.52 bits per heavy atom. The van der Waals surface area contributed by atoms with Gasteiger partial charge >= 0.3 is 0 Å². The van der Waals surface area contributed by atoms with Crippen LogP contribution in [0, 0.1) is 0 Å². The molecule has 110 valence electrons. The Labute approximate surface area is 138 Å². The molecule has 3 nitrogen and oxygen atoms in total. The van der Waals surface area contributed by atoms with Gasteiger partial charge in [0.1, 0.15) is 11.6 Å². The topological polar surface area (TPSA) is 44.5 Å². The first-order valence-electron chi connectivity index (χ1n) is 6.54. The van der Waals surface area contributed by atoms with E-state index in [1.165, 1.54) is 0 Å². The highest BCUT2D eigenvalue weighted by molar-refractivity contribution is 9.10. The van der Waals surface area contributed by atoms with Gasteiger partial charge in [-0.3, -0.25) is 0 Å². The van der Waals surface area contributed by atoms with E-state index in [-0.39, 0.29) is 0 Å². The molecule has 2 aromatic carbocycles. The van der Waals surface area contributed by atoms with Crippen LogP contribution in [-0.4, -0.2) is 11.6 Å². The van der Waals surface area contributed by atoms with Gasteiger partial charge in [-0.05, 0) is 40.5 Å². The zero-order valence-corrected chi connectivity index (χ0v) is 14.0. The van der Waals surface area contributed by atoms with E-state index in [0.29, 0.717) is 29.7 Å². The lowest BCUT2D eigenvalue weighted by atomic mass is 10.2. The van der Waals surface area contributed by atoms with E-state index in [9.17, 15) is 0 Å². The Morgan fingerprint density at radius 1 is 1.19 bits per heavy atom. The van der Waals surface area contributed by atoms with Gasteiger partial charge in [0.15, 0.2) is 11.5 Å². The van der Waals surface area contributed by atoms with Gasteiger partial charge in [-0.2, -0.15) is 0 Å². The lowest BCUT2D eigenvalue weighted by Crippen LogP contribution is -2.10. The number of halogens is 1. The number of thiocarbonyl (C=S) groups is 1. The van der Waals surface area contributed by atoms with Gasteiger partial charge in [-0.15, -0.1) is 0 Å². The lowest BCUT2D eigenvalue weighted by Gasteiger charge is -2.15. The van der Waals surface area contributed by atoms with Gasteiger partial charge in [0.05, 0.1) is 11.1 Å². The predicted octanol–water partition coefficient (Wildman–Crippen LogP) is 4.06. The number of rotatable bonds is 6. The maximum absolute atomic E-state index is 5.89. The van der Waals surface area contributed by atoms with Gasteiger partial charge in [0.2, 0.25) is 0 Å². The second kappa shape index (κ2) is 7.43. The molecule has 0 atom stereocenters. The SMILES string of the molecule is CCOc1cc(C(N)=S)cc(Br)c1OCc1ccccc1. The van der Waals surface area contributed by atoms with Gasteiger partial charge in [-0.25, -0.2) is 0 Å². The van der Waals surface area contributed by atoms with Crippen molar-refractivity contribution in [3.8, 4) is 11.5 Å². The Morgan fingerprint density at radius 2 is 1.90 bits per heavy atom. The van der Waals surface area contributed by atoms with Crippen molar-refractivity contribution in [1.29, 1.82) is 0 Å². The molecule has 0 aliphatic carbocycles. The Kier molecular flexibility index (Phi) is 5.59. The van der Waals surface area contributed by atoms with Crippen LogP contribution in [0.3, 0.4) is 0 Å². The van der Waals surface area contributed by atoms with Gasteiger partial charge in [-0.1, -0.05) is 42.5 Å². The van der Waals surface area contributed by atoms with Crippen molar-refractivity contribution in [3.63, 3.8) is 0 Å². The number of hydrogen-bond donors (Lipinski definition) is 1. The molecule has 0 saturated heterocycles. The minimum absolute atomic E-state index is 0.325. The van der Waals surface area contributed by atoms with E-state index in [0.717, 1.165) is 15.6 Å². The number of benzene rings is 2. The van der Waals surface area contributed by atoms with Crippen molar-refractivity contribution in [3.05, 3.63) is 58.1 Å². The third kappa shape index (κ3) is 4.19. The minimum Gasteiger partial charge on any atom is -0.490 e. The molecule has 0 radical (unpaired) electrons. The van der Waals surface area contributed by atoms with Crippen LogP contribution < -0.4 is 15.2 Å². The molecule has 0 aliphatic heterocycles. The fourth-order valence-electron chi connectivity index (χ4n) is 1.84. The summed E-state index contributed by atoms with van der Waals surface area (Å²) in [5.74, 6) is 1.28. The minimum atomic E-state index is 0.325. The molecule has 21 heavy (non-hydrogen) atoms. The summed E-state index contributed by atoms with van der Waals surface area (Å²) >= 11 is 8.50. The van der Waals surface area contributed by atoms with E-state index in [4.69, 9.17) is 27.4 Å². The molecule has 0 aromatic heterocycles. The van der Waals surface area contributed by atoms with Crippen molar-refractivity contribution >= 4 is 33.1 Å². The molecule has 2 rings (SSSR count). The van der Waals surface area contributed by atoms with Crippen molar-refractivity contribution in [2.45, 2.75) is 13.5 Å².